The van der Waals surface area contributed by atoms with Crippen LogP contribution in [0.15, 0.2) is 35.9 Å². The number of rotatable bonds is 8. The fourth-order valence-electron chi connectivity index (χ4n) is 2.36. The quantitative estimate of drug-likeness (QED) is 0.315. The summed E-state index contributed by atoms with van der Waals surface area (Å²) in [6.07, 6.45) is 9.56. The second kappa shape index (κ2) is 8.03. The van der Waals surface area contributed by atoms with Crippen LogP contribution >= 0.6 is 0 Å². The maximum Gasteiger partial charge on any atom is 0.339 e. The normalized spacial score (nSPS) is 18.6. The molecular weight excluding hydrogens is 304 g/mol. The number of terminal acetylenes is 1. The molecule has 0 aromatic heterocycles. The number of ether oxygens (including phenoxy) is 3. The van der Waals surface area contributed by atoms with Gasteiger partial charge in [0.15, 0.2) is 6.61 Å². The zero-order valence-electron chi connectivity index (χ0n) is 14.5. The second-order valence-corrected chi connectivity index (χ2v) is 6.41. The Balaban J connectivity index is 1.72. The highest BCUT2D eigenvalue weighted by molar-refractivity contribution is 5.89. The van der Waals surface area contributed by atoms with Gasteiger partial charge in [0.05, 0.1) is 17.3 Å². The van der Waals surface area contributed by atoms with Crippen LogP contribution in [0.2, 0.25) is 0 Å². The molecule has 2 rings (SSSR count). The summed E-state index contributed by atoms with van der Waals surface area (Å²) < 4.78 is 16.1. The summed E-state index contributed by atoms with van der Waals surface area (Å²) in [6, 6.07) is 6.82. The van der Waals surface area contributed by atoms with Crippen molar-refractivity contribution >= 4 is 5.97 Å². The molecule has 0 bridgehead atoms. The third kappa shape index (κ3) is 5.43. The van der Waals surface area contributed by atoms with Crippen molar-refractivity contribution in [1.82, 2.24) is 0 Å². The first-order valence-corrected chi connectivity index (χ1v) is 8.09. The smallest absolute Gasteiger partial charge is 0.339 e. The minimum Gasteiger partial charge on any atom is -0.490 e. The second-order valence-electron chi connectivity index (χ2n) is 6.41. The Kier molecular flexibility index (Phi) is 6.05. The van der Waals surface area contributed by atoms with Gasteiger partial charge in [-0.3, -0.25) is 0 Å². The van der Waals surface area contributed by atoms with Crippen molar-refractivity contribution in [3.05, 3.63) is 41.5 Å². The predicted molar refractivity (Wildman–Crippen MR) is 93.0 cm³/mol. The minimum atomic E-state index is -0.430. The molecule has 1 heterocycles. The maximum atomic E-state index is 11.6. The molecule has 128 valence electrons. The number of allylic oxidation sites excluding steroid dienone is 1. The van der Waals surface area contributed by atoms with Crippen LogP contribution in [0.1, 0.15) is 44.0 Å². The van der Waals surface area contributed by atoms with Crippen molar-refractivity contribution in [3.63, 3.8) is 0 Å². The van der Waals surface area contributed by atoms with E-state index in [1.54, 1.807) is 24.3 Å². The molecule has 4 nitrogen and oxygen atoms in total. The van der Waals surface area contributed by atoms with Gasteiger partial charge in [0.25, 0.3) is 0 Å². The first-order chi connectivity index (χ1) is 11.4. The van der Waals surface area contributed by atoms with Gasteiger partial charge in [-0.15, -0.1) is 6.42 Å². The van der Waals surface area contributed by atoms with E-state index in [1.165, 1.54) is 5.57 Å². The molecule has 1 fully saturated rings. The van der Waals surface area contributed by atoms with Gasteiger partial charge in [0.1, 0.15) is 12.4 Å². The topological polar surface area (TPSA) is 48.1 Å². The molecule has 4 heteroatoms. The van der Waals surface area contributed by atoms with E-state index >= 15 is 0 Å². The van der Waals surface area contributed by atoms with Gasteiger partial charge >= 0.3 is 5.97 Å². The van der Waals surface area contributed by atoms with Crippen LogP contribution in [-0.2, 0) is 9.47 Å². The molecule has 0 radical (unpaired) electrons. The first-order valence-electron chi connectivity index (χ1n) is 8.09. The van der Waals surface area contributed by atoms with Crippen LogP contribution in [0.3, 0.4) is 0 Å². The van der Waals surface area contributed by atoms with Crippen LogP contribution in [0.4, 0.5) is 0 Å². The average Bonchev–Trinajstić information content (AvgIpc) is 3.18. The Morgan fingerprint density at radius 2 is 2.04 bits per heavy atom. The third-order valence-electron chi connectivity index (χ3n) is 4.02. The van der Waals surface area contributed by atoms with Crippen molar-refractivity contribution < 1.29 is 19.0 Å². The summed E-state index contributed by atoms with van der Waals surface area (Å²) in [5, 5.41) is 0. The average molecular weight is 328 g/mol. The Hall–Kier alpha value is -2.25. The van der Waals surface area contributed by atoms with Crippen molar-refractivity contribution in [2.45, 2.75) is 45.3 Å². The van der Waals surface area contributed by atoms with Crippen LogP contribution in [0.5, 0.6) is 5.75 Å². The molecule has 1 aromatic rings. The fourth-order valence-corrected chi connectivity index (χ4v) is 2.36. The minimum absolute atomic E-state index is 0.0236. The van der Waals surface area contributed by atoms with E-state index in [9.17, 15) is 4.79 Å². The van der Waals surface area contributed by atoms with Crippen molar-refractivity contribution in [3.8, 4) is 18.1 Å². The number of benzene rings is 1. The van der Waals surface area contributed by atoms with Crippen molar-refractivity contribution in [1.29, 1.82) is 0 Å². The lowest BCUT2D eigenvalue weighted by Crippen LogP contribution is -2.05. The van der Waals surface area contributed by atoms with E-state index < -0.39 is 5.97 Å². The molecule has 1 aliphatic rings. The Morgan fingerprint density at radius 3 is 2.62 bits per heavy atom. The highest BCUT2D eigenvalue weighted by atomic mass is 16.6. The Bertz CT molecular complexity index is 635. The van der Waals surface area contributed by atoms with Crippen molar-refractivity contribution in [2.24, 2.45) is 0 Å². The summed E-state index contributed by atoms with van der Waals surface area (Å²) in [6.45, 7) is 6.81. The Labute approximate surface area is 143 Å². The fraction of sp³-hybridized carbons (Fsp3) is 0.450. The van der Waals surface area contributed by atoms with E-state index in [1.807, 2.05) is 0 Å². The molecule has 1 aliphatic heterocycles. The number of epoxide rings is 1. The predicted octanol–water partition coefficient (Wildman–Crippen LogP) is 3.76. The molecule has 1 saturated heterocycles. The summed E-state index contributed by atoms with van der Waals surface area (Å²) >= 11 is 0. The van der Waals surface area contributed by atoms with E-state index in [2.05, 4.69) is 32.8 Å². The molecular formula is C20H24O4. The first kappa shape index (κ1) is 18.1. The molecule has 1 atom stereocenters. The van der Waals surface area contributed by atoms with Crippen LogP contribution in [0.25, 0.3) is 0 Å². The number of carbonyl (C=O) groups is 1. The maximum absolute atomic E-state index is 11.6. The molecule has 0 aliphatic carbocycles. The zero-order valence-corrected chi connectivity index (χ0v) is 14.5. The third-order valence-corrected chi connectivity index (χ3v) is 4.02. The SMILES string of the molecule is C#CCOC(=O)c1ccc(OC/C=C(\C)CCC2OC2(C)C)cc1. The van der Waals surface area contributed by atoms with Crippen LogP contribution < -0.4 is 4.74 Å². The van der Waals surface area contributed by atoms with Crippen molar-refractivity contribution in [2.75, 3.05) is 13.2 Å². The van der Waals surface area contributed by atoms with Gasteiger partial charge in [-0.25, -0.2) is 4.79 Å². The molecule has 1 unspecified atom stereocenters. The molecule has 0 amide bonds. The Morgan fingerprint density at radius 1 is 1.38 bits per heavy atom. The summed E-state index contributed by atoms with van der Waals surface area (Å²) in [4.78, 5) is 11.6. The standard InChI is InChI=1S/C20H24O4/c1-5-13-23-19(21)16-7-9-17(10-8-16)22-14-12-15(2)6-11-18-20(3,4)24-18/h1,7-10,12,18H,6,11,13-14H2,2-4H3/b15-12+. The van der Waals surface area contributed by atoms with E-state index in [0.717, 1.165) is 12.8 Å². The van der Waals surface area contributed by atoms with E-state index in [4.69, 9.17) is 20.6 Å². The molecule has 24 heavy (non-hydrogen) atoms. The lowest BCUT2D eigenvalue weighted by molar-refractivity contribution is 0.0556. The number of esters is 1. The zero-order chi connectivity index (χ0) is 17.6. The van der Waals surface area contributed by atoms with Gasteiger partial charge in [-0.2, -0.15) is 0 Å². The lowest BCUT2D eigenvalue weighted by Gasteiger charge is -2.06. The van der Waals surface area contributed by atoms with Gasteiger partial charge in [-0.05, 0) is 64.0 Å². The van der Waals surface area contributed by atoms with Gasteiger partial charge in [-0.1, -0.05) is 11.5 Å². The monoisotopic (exact) mass is 328 g/mol. The highest BCUT2D eigenvalue weighted by Gasteiger charge is 2.46. The van der Waals surface area contributed by atoms with Crippen LogP contribution in [0, 0.1) is 12.3 Å². The van der Waals surface area contributed by atoms with Gasteiger partial charge in [0, 0.05) is 0 Å². The van der Waals surface area contributed by atoms with Crippen LogP contribution in [-0.4, -0.2) is 30.9 Å². The molecule has 0 N–H and O–H groups in total. The summed E-state index contributed by atoms with van der Waals surface area (Å²) in [7, 11) is 0. The summed E-state index contributed by atoms with van der Waals surface area (Å²) in [5.74, 6) is 2.54. The molecule has 0 spiro atoms. The van der Waals surface area contributed by atoms with Gasteiger partial charge in [0.2, 0.25) is 0 Å². The van der Waals surface area contributed by atoms with E-state index in [-0.39, 0.29) is 12.2 Å². The summed E-state index contributed by atoms with van der Waals surface area (Å²) in [5.41, 5.74) is 1.80. The molecule has 0 saturated carbocycles. The van der Waals surface area contributed by atoms with E-state index in [0.29, 0.717) is 24.0 Å². The number of hydrogen-bond donors (Lipinski definition) is 0. The molecule has 1 aromatic carbocycles. The number of hydrogen-bond acceptors (Lipinski definition) is 4. The largest absolute Gasteiger partial charge is 0.490 e. The highest BCUT2D eigenvalue weighted by Crippen LogP contribution is 2.38. The number of carbonyl (C=O) groups excluding carboxylic acids is 1. The lowest BCUT2D eigenvalue weighted by atomic mass is 10.0. The van der Waals surface area contributed by atoms with Gasteiger partial charge < -0.3 is 14.2 Å².